The Morgan fingerprint density at radius 3 is 1.95 bits per heavy atom. The van der Waals surface area contributed by atoms with Crippen LogP contribution in [0.1, 0.15) is 26.3 Å². The lowest BCUT2D eigenvalue weighted by molar-refractivity contribution is -0.385. The minimum Gasteiger partial charge on any atom is -0.449 e. The molecule has 0 N–H and O–H groups in total. The Balaban J connectivity index is 1.57. The molecule has 1 fully saturated rings. The van der Waals surface area contributed by atoms with Gasteiger partial charge in [-0.2, -0.15) is 0 Å². The van der Waals surface area contributed by atoms with Gasteiger partial charge in [-0.15, -0.1) is 0 Å². The predicted molar refractivity (Wildman–Crippen MR) is 149 cm³/mol. The number of benzene rings is 3. The first-order valence-corrected chi connectivity index (χ1v) is 13.1. The van der Waals surface area contributed by atoms with Crippen LogP contribution in [-0.4, -0.2) is 66.1 Å². The van der Waals surface area contributed by atoms with Crippen molar-refractivity contribution in [3.8, 4) is 0 Å². The highest BCUT2D eigenvalue weighted by molar-refractivity contribution is 5.90. The van der Waals surface area contributed by atoms with E-state index in [1.54, 1.807) is 0 Å². The van der Waals surface area contributed by atoms with Gasteiger partial charge in [-0.25, -0.2) is 9.59 Å². The van der Waals surface area contributed by atoms with Gasteiger partial charge in [0.05, 0.1) is 40.8 Å². The molecule has 0 spiro atoms. The second-order valence-electron chi connectivity index (χ2n) is 9.22. The number of azide groups is 1. The standard InChI is InChI=1S/C28H25N5O11/c29-31-30-14-15-41-24-23(17-40-16-18-4-2-1-3-5-18)42-28(44-27(35)20-8-12-22(13-9-20)33(38)39)25(24)43-26(34)19-6-10-21(11-7-19)32(36)37/h1-13,23-25,28H,14-17H2/t23-,24-,25-,28-/m1/s1. The van der Waals surface area contributed by atoms with Gasteiger partial charge in [-0.1, -0.05) is 35.4 Å². The van der Waals surface area contributed by atoms with E-state index in [4.69, 9.17) is 29.2 Å². The normalized spacial score (nSPS) is 19.0. The van der Waals surface area contributed by atoms with Crippen LogP contribution in [-0.2, 0) is 30.3 Å². The maximum Gasteiger partial charge on any atom is 0.340 e. The van der Waals surface area contributed by atoms with E-state index >= 15 is 0 Å². The van der Waals surface area contributed by atoms with Crippen LogP contribution >= 0.6 is 0 Å². The summed E-state index contributed by atoms with van der Waals surface area (Å²) in [6, 6.07) is 18.5. The van der Waals surface area contributed by atoms with Gasteiger partial charge >= 0.3 is 11.9 Å². The number of nitro groups is 2. The molecule has 3 aromatic carbocycles. The first-order chi connectivity index (χ1) is 21.3. The number of nitro benzene ring substituents is 2. The van der Waals surface area contributed by atoms with E-state index in [0.29, 0.717) is 0 Å². The van der Waals surface area contributed by atoms with Crippen molar-refractivity contribution in [3.63, 3.8) is 0 Å². The smallest absolute Gasteiger partial charge is 0.340 e. The summed E-state index contributed by atoms with van der Waals surface area (Å²) in [4.78, 5) is 49.5. The third-order valence-electron chi connectivity index (χ3n) is 6.32. The van der Waals surface area contributed by atoms with Gasteiger partial charge in [0.15, 0.2) is 6.10 Å². The number of esters is 2. The first kappa shape index (κ1) is 31.5. The topological polar surface area (TPSA) is 215 Å². The molecular formula is C28H25N5O11. The quantitative estimate of drug-likeness (QED) is 0.0472. The summed E-state index contributed by atoms with van der Waals surface area (Å²) in [5, 5.41) is 25.4. The number of rotatable bonds is 14. The molecule has 0 aromatic heterocycles. The molecule has 4 atom stereocenters. The lowest BCUT2D eigenvalue weighted by Gasteiger charge is -2.24. The molecule has 3 aromatic rings. The fourth-order valence-electron chi connectivity index (χ4n) is 4.19. The molecule has 0 amide bonds. The molecule has 0 radical (unpaired) electrons. The molecule has 0 bridgehead atoms. The molecule has 1 aliphatic rings. The second kappa shape index (κ2) is 15.2. The average Bonchev–Trinajstić information content (AvgIpc) is 3.34. The van der Waals surface area contributed by atoms with E-state index in [1.807, 2.05) is 30.3 Å². The van der Waals surface area contributed by atoms with Crippen molar-refractivity contribution >= 4 is 23.3 Å². The monoisotopic (exact) mass is 607 g/mol. The van der Waals surface area contributed by atoms with Gasteiger partial charge in [0.1, 0.15) is 12.2 Å². The third-order valence-corrected chi connectivity index (χ3v) is 6.32. The predicted octanol–water partition coefficient (Wildman–Crippen LogP) is 4.52. The number of hydrogen-bond donors (Lipinski definition) is 0. The molecule has 1 heterocycles. The highest BCUT2D eigenvalue weighted by Gasteiger charge is 2.50. The first-order valence-electron chi connectivity index (χ1n) is 13.1. The second-order valence-corrected chi connectivity index (χ2v) is 9.22. The van der Waals surface area contributed by atoms with E-state index in [2.05, 4.69) is 10.0 Å². The maximum atomic E-state index is 13.1. The number of carbonyl (C=O) groups excluding carboxylic acids is 2. The fourth-order valence-corrected chi connectivity index (χ4v) is 4.19. The summed E-state index contributed by atoms with van der Waals surface area (Å²) >= 11 is 0. The van der Waals surface area contributed by atoms with Crippen molar-refractivity contribution in [1.82, 2.24) is 0 Å². The van der Waals surface area contributed by atoms with Gasteiger partial charge in [-0.05, 0) is 35.4 Å². The van der Waals surface area contributed by atoms with E-state index in [-0.39, 0.29) is 48.9 Å². The van der Waals surface area contributed by atoms with Crippen LogP contribution < -0.4 is 0 Å². The maximum absolute atomic E-state index is 13.1. The van der Waals surface area contributed by atoms with Crippen molar-refractivity contribution in [2.75, 3.05) is 19.8 Å². The van der Waals surface area contributed by atoms with Crippen LogP contribution in [0.5, 0.6) is 0 Å². The van der Waals surface area contributed by atoms with E-state index in [9.17, 15) is 29.8 Å². The summed E-state index contributed by atoms with van der Waals surface area (Å²) < 4.78 is 28.9. The zero-order valence-electron chi connectivity index (χ0n) is 22.9. The number of non-ortho nitro benzene ring substituents is 2. The summed E-state index contributed by atoms with van der Waals surface area (Å²) in [5.41, 5.74) is 8.95. The Hall–Kier alpha value is -5.41. The van der Waals surface area contributed by atoms with Crippen LogP contribution in [0, 0.1) is 20.2 Å². The van der Waals surface area contributed by atoms with E-state index in [0.717, 1.165) is 29.8 Å². The highest BCUT2D eigenvalue weighted by Crippen LogP contribution is 2.30. The Kier molecular flexibility index (Phi) is 10.9. The molecule has 0 saturated carbocycles. The molecule has 1 saturated heterocycles. The number of carbonyl (C=O) groups is 2. The lowest BCUT2D eigenvalue weighted by Crippen LogP contribution is -2.42. The minimum absolute atomic E-state index is 0.0346. The molecule has 1 aliphatic heterocycles. The minimum atomic E-state index is -1.52. The van der Waals surface area contributed by atoms with Gasteiger partial charge in [0.25, 0.3) is 11.4 Å². The zero-order valence-corrected chi connectivity index (χ0v) is 22.9. The largest absolute Gasteiger partial charge is 0.449 e. The summed E-state index contributed by atoms with van der Waals surface area (Å²) in [6.07, 6.45) is -4.89. The van der Waals surface area contributed by atoms with Gasteiger partial charge in [0, 0.05) is 35.7 Å². The average molecular weight is 608 g/mol. The lowest BCUT2D eigenvalue weighted by atomic mass is 10.1. The third kappa shape index (κ3) is 8.33. The number of ether oxygens (including phenoxy) is 5. The van der Waals surface area contributed by atoms with Crippen molar-refractivity contribution in [1.29, 1.82) is 0 Å². The van der Waals surface area contributed by atoms with Crippen molar-refractivity contribution in [2.24, 2.45) is 5.11 Å². The Morgan fingerprint density at radius 1 is 0.841 bits per heavy atom. The van der Waals surface area contributed by atoms with Gasteiger partial charge in [-0.3, -0.25) is 20.2 Å². The highest BCUT2D eigenvalue weighted by atomic mass is 16.7. The molecule has 44 heavy (non-hydrogen) atoms. The molecule has 16 nitrogen and oxygen atoms in total. The van der Waals surface area contributed by atoms with Crippen LogP contribution in [0.15, 0.2) is 84.0 Å². The molecule has 0 aliphatic carbocycles. The summed E-state index contributed by atoms with van der Waals surface area (Å²) in [6.45, 7) is -0.0619. The zero-order chi connectivity index (χ0) is 31.5. The fraction of sp³-hybridized carbons (Fsp3) is 0.286. The number of hydrogen-bond acceptors (Lipinski definition) is 12. The van der Waals surface area contributed by atoms with E-state index in [1.165, 1.54) is 24.3 Å². The molecule has 16 heteroatoms. The Labute approximate surface area is 249 Å². The van der Waals surface area contributed by atoms with Crippen molar-refractivity contribution in [2.45, 2.75) is 31.2 Å². The summed E-state index contributed by atoms with van der Waals surface area (Å²) in [5.74, 6) is -1.85. The molecule has 4 rings (SSSR count). The van der Waals surface area contributed by atoms with Crippen molar-refractivity contribution in [3.05, 3.63) is 126 Å². The van der Waals surface area contributed by atoms with Crippen LogP contribution in [0.3, 0.4) is 0 Å². The van der Waals surface area contributed by atoms with Crippen molar-refractivity contribution < 1.29 is 43.1 Å². The Bertz CT molecular complexity index is 1510. The van der Waals surface area contributed by atoms with E-state index < -0.39 is 46.4 Å². The molecule has 0 unspecified atom stereocenters. The van der Waals surface area contributed by atoms with Crippen LogP contribution in [0.2, 0.25) is 0 Å². The van der Waals surface area contributed by atoms with Crippen LogP contribution in [0.25, 0.3) is 10.4 Å². The SMILES string of the molecule is [N-]=[N+]=NCCO[C@H]1[C@@H](OC(=O)c2ccc([N+](=O)[O-])cc2)[C@@H](OC(=O)c2ccc([N+](=O)[O-])cc2)O[C@@H]1COCc1ccccc1. The Morgan fingerprint density at radius 2 is 1.41 bits per heavy atom. The van der Waals surface area contributed by atoms with Gasteiger partial charge < -0.3 is 23.7 Å². The molecular weight excluding hydrogens is 582 g/mol. The van der Waals surface area contributed by atoms with Gasteiger partial charge in [0.2, 0.25) is 6.29 Å². The van der Waals surface area contributed by atoms with Crippen LogP contribution in [0.4, 0.5) is 11.4 Å². The molecule has 228 valence electrons. The summed E-state index contributed by atoms with van der Waals surface area (Å²) in [7, 11) is 0. The number of nitrogens with zero attached hydrogens (tertiary/aromatic N) is 5.